The molecule has 0 aromatic rings. The number of allylic oxidation sites excluding steroid dienone is 8. The van der Waals surface area contributed by atoms with Crippen LogP contribution in [-0.4, -0.2) is 36.4 Å². The van der Waals surface area contributed by atoms with Crippen molar-refractivity contribution in [3.05, 3.63) is 48.6 Å². The Balaban J connectivity index is 3.57. The van der Waals surface area contributed by atoms with E-state index in [1.54, 1.807) is 0 Å². The molecule has 0 saturated carbocycles. The lowest BCUT2D eigenvalue weighted by Gasteiger charge is -2.15. The number of hydrogen-bond donors (Lipinski definition) is 1. The van der Waals surface area contributed by atoms with Gasteiger partial charge in [0, 0.05) is 12.8 Å². The van der Waals surface area contributed by atoms with Crippen molar-refractivity contribution in [1.82, 2.24) is 0 Å². The third-order valence-corrected chi connectivity index (χ3v) is 9.88. The van der Waals surface area contributed by atoms with Crippen LogP contribution >= 0.6 is 0 Å². The topological polar surface area (TPSA) is 72.8 Å². The highest BCUT2D eigenvalue weighted by Crippen LogP contribution is 2.15. The Labute approximate surface area is 328 Å². The molecular weight excluding hydrogens is 657 g/mol. The van der Waals surface area contributed by atoms with Crippen LogP contribution in [0.3, 0.4) is 0 Å². The minimum atomic E-state index is -0.787. The SMILES string of the molecule is CCCCC/C=C/C/C=C/C/C=C/C/C=C/CCCCCC(=O)O[C@@H](CO)COC(=O)CCCCCCCCCCCCCCCCCCCCCC. The average Bonchev–Trinajstić information content (AvgIpc) is 3.16. The second kappa shape index (κ2) is 44.3. The maximum Gasteiger partial charge on any atom is 0.306 e. The van der Waals surface area contributed by atoms with Crippen molar-refractivity contribution >= 4 is 11.9 Å². The summed E-state index contributed by atoms with van der Waals surface area (Å²) >= 11 is 0. The Morgan fingerprint density at radius 1 is 0.434 bits per heavy atom. The van der Waals surface area contributed by atoms with Crippen molar-refractivity contribution < 1.29 is 24.2 Å². The van der Waals surface area contributed by atoms with Crippen molar-refractivity contribution in [2.24, 2.45) is 0 Å². The predicted octanol–water partition coefficient (Wildman–Crippen LogP) is 14.6. The molecule has 0 fully saturated rings. The Kier molecular flexibility index (Phi) is 42.5. The molecule has 53 heavy (non-hydrogen) atoms. The van der Waals surface area contributed by atoms with Crippen LogP contribution in [0.15, 0.2) is 48.6 Å². The van der Waals surface area contributed by atoms with Crippen LogP contribution < -0.4 is 0 Å². The van der Waals surface area contributed by atoms with Gasteiger partial charge in [-0.3, -0.25) is 9.59 Å². The smallest absolute Gasteiger partial charge is 0.306 e. The molecule has 0 amide bonds. The number of carbonyl (C=O) groups excluding carboxylic acids is 2. The molecule has 0 unspecified atom stereocenters. The zero-order valence-electron chi connectivity index (χ0n) is 35.0. The molecule has 5 nitrogen and oxygen atoms in total. The summed E-state index contributed by atoms with van der Waals surface area (Å²) in [6, 6.07) is 0. The Morgan fingerprint density at radius 2 is 0.755 bits per heavy atom. The fraction of sp³-hybridized carbons (Fsp3) is 0.792. The zero-order valence-corrected chi connectivity index (χ0v) is 35.0. The van der Waals surface area contributed by atoms with Gasteiger partial charge in [0.15, 0.2) is 6.10 Å². The van der Waals surface area contributed by atoms with Crippen LogP contribution in [0.2, 0.25) is 0 Å². The van der Waals surface area contributed by atoms with E-state index in [0.717, 1.165) is 64.2 Å². The second-order valence-electron chi connectivity index (χ2n) is 15.1. The summed E-state index contributed by atoms with van der Waals surface area (Å²) in [6.45, 7) is 4.10. The molecule has 5 heteroatoms. The van der Waals surface area contributed by atoms with Gasteiger partial charge in [-0.2, -0.15) is 0 Å². The van der Waals surface area contributed by atoms with E-state index >= 15 is 0 Å². The molecular formula is C48H86O5. The van der Waals surface area contributed by atoms with E-state index < -0.39 is 6.10 Å². The molecule has 0 spiro atoms. The van der Waals surface area contributed by atoms with Gasteiger partial charge in [0.05, 0.1) is 6.61 Å². The molecule has 0 aliphatic rings. The molecule has 0 bridgehead atoms. The third kappa shape index (κ3) is 42.5. The first kappa shape index (κ1) is 50.9. The summed E-state index contributed by atoms with van der Waals surface area (Å²) < 4.78 is 10.6. The maximum absolute atomic E-state index is 12.2. The van der Waals surface area contributed by atoms with E-state index in [1.807, 2.05) is 0 Å². The summed E-state index contributed by atoms with van der Waals surface area (Å²) in [5.41, 5.74) is 0. The lowest BCUT2D eigenvalue weighted by atomic mass is 10.0. The monoisotopic (exact) mass is 743 g/mol. The number of unbranched alkanes of at least 4 members (excludes halogenated alkanes) is 25. The predicted molar refractivity (Wildman–Crippen MR) is 228 cm³/mol. The number of carbonyl (C=O) groups is 2. The van der Waals surface area contributed by atoms with Gasteiger partial charge < -0.3 is 14.6 Å². The molecule has 0 heterocycles. The Hall–Kier alpha value is -2.14. The van der Waals surface area contributed by atoms with Crippen LogP contribution in [0.5, 0.6) is 0 Å². The third-order valence-electron chi connectivity index (χ3n) is 9.88. The number of esters is 2. The minimum absolute atomic E-state index is 0.0771. The zero-order chi connectivity index (χ0) is 38.6. The Bertz CT molecular complexity index is 888. The van der Waals surface area contributed by atoms with E-state index in [2.05, 4.69) is 62.5 Å². The number of hydrogen-bond acceptors (Lipinski definition) is 5. The van der Waals surface area contributed by atoms with E-state index in [-0.39, 0.29) is 25.2 Å². The molecule has 0 aromatic carbocycles. The number of aliphatic hydroxyl groups is 1. The van der Waals surface area contributed by atoms with Gasteiger partial charge in [0.1, 0.15) is 6.61 Å². The average molecular weight is 743 g/mol. The van der Waals surface area contributed by atoms with Gasteiger partial charge in [-0.05, 0) is 57.8 Å². The van der Waals surface area contributed by atoms with Crippen LogP contribution in [0.4, 0.5) is 0 Å². The van der Waals surface area contributed by atoms with Crippen LogP contribution in [-0.2, 0) is 19.1 Å². The summed E-state index contributed by atoms with van der Waals surface area (Å²) in [4.78, 5) is 24.3. The van der Waals surface area contributed by atoms with E-state index in [9.17, 15) is 14.7 Å². The van der Waals surface area contributed by atoms with Gasteiger partial charge in [0.2, 0.25) is 0 Å². The first-order chi connectivity index (χ1) is 26.1. The molecule has 0 radical (unpaired) electrons. The van der Waals surface area contributed by atoms with Crippen LogP contribution in [0, 0.1) is 0 Å². The molecule has 1 N–H and O–H groups in total. The van der Waals surface area contributed by atoms with Crippen molar-refractivity contribution in [3.63, 3.8) is 0 Å². The van der Waals surface area contributed by atoms with Crippen LogP contribution in [0.1, 0.15) is 226 Å². The highest BCUT2D eigenvalue weighted by atomic mass is 16.6. The number of aliphatic hydroxyl groups excluding tert-OH is 1. The minimum Gasteiger partial charge on any atom is -0.462 e. The quantitative estimate of drug-likeness (QED) is 0.0384. The fourth-order valence-corrected chi connectivity index (χ4v) is 6.42. The highest BCUT2D eigenvalue weighted by Gasteiger charge is 2.16. The number of rotatable bonds is 41. The Morgan fingerprint density at radius 3 is 1.17 bits per heavy atom. The summed E-state index contributed by atoms with van der Waals surface area (Å²) in [7, 11) is 0. The van der Waals surface area contributed by atoms with E-state index in [4.69, 9.17) is 9.47 Å². The van der Waals surface area contributed by atoms with Crippen molar-refractivity contribution in [2.75, 3.05) is 13.2 Å². The fourth-order valence-electron chi connectivity index (χ4n) is 6.42. The summed E-state index contributed by atoms with van der Waals surface area (Å²) in [6.07, 6.45) is 56.1. The van der Waals surface area contributed by atoms with E-state index in [0.29, 0.717) is 12.8 Å². The molecule has 0 saturated heterocycles. The largest absolute Gasteiger partial charge is 0.462 e. The van der Waals surface area contributed by atoms with Gasteiger partial charge in [-0.15, -0.1) is 0 Å². The van der Waals surface area contributed by atoms with Gasteiger partial charge in [-0.25, -0.2) is 0 Å². The van der Waals surface area contributed by atoms with Crippen LogP contribution in [0.25, 0.3) is 0 Å². The summed E-state index contributed by atoms with van der Waals surface area (Å²) in [5, 5.41) is 9.59. The van der Waals surface area contributed by atoms with Gasteiger partial charge >= 0.3 is 11.9 Å². The molecule has 1 atom stereocenters. The second-order valence-corrected chi connectivity index (χ2v) is 15.1. The van der Waals surface area contributed by atoms with Crippen molar-refractivity contribution in [1.29, 1.82) is 0 Å². The van der Waals surface area contributed by atoms with Crippen molar-refractivity contribution in [3.8, 4) is 0 Å². The van der Waals surface area contributed by atoms with Crippen molar-refractivity contribution in [2.45, 2.75) is 232 Å². The molecule has 0 rings (SSSR count). The van der Waals surface area contributed by atoms with Gasteiger partial charge in [-0.1, -0.05) is 204 Å². The number of ether oxygens (including phenoxy) is 2. The standard InChI is InChI=1S/C48H86O5/c1-3-5-7-9-11-13-15-17-19-21-23-25-26-28-30-32-34-36-38-40-42-47(50)52-45-46(44-49)53-48(51)43-41-39-37-35-33-31-29-27-24-22-20-18-16-14-12-10-8-6-4-2/h12,14,18,20,24,27,31,33,46,49H,3-11,13,15-17,19,21-23,25-26,28-30,32,34-45H2,1-2H3/b14-12+,20-18+,27-24+,33-31+/t46-/m0/s1. The molecule has 0 aromatic heterocycles. The normalized spacial score (nSPS) is 12.6. The summed E-state index contributed by atoms with van der Waals surface area (Å²) in [5.74, 6) is -0.620. The lowest BCUT2D eigenvalue weighted by Crippen LogP contribution is -2.28. The van der Waals surface area contributed by atoms with Gasteiger partial charge in [0.25, 0.3) is 0 Å². The lowest BCUT2D eigenvalue weighted by molar-refractivity contribution is -0.161. The molecule has 0 aliphatic carbocycles. The molecule has 0 aliphatic heterocycles. The van der Waals surface area contributed by atoms with E-state index in [1.165, 1.54) is 135 Å². The first-order valence-corrected chi connectivity index (χ1v) is 22.7. The highest BCUT2D eigenvalue weighted by molar-refractivity contribution is 5.70. The molecule has 308 valence electrons. The maximum atomic E-state index is 12.2. The first-order valence-electron chi connectivity index (χ1n) is 22.7.